The van der Waals surface area contributed by atoms with Crippen molar-refractivity contribution in [2.24, 2.45) is 0 Å². The van der Waals surface area contributed by atoms with Gasteiger partial charge in [0.25, 0.3) is 0 Å². The number of fused-ring (bicyclic) bond motifs is 1. The largest absolute Gasteiger partial charge is 0.497 e. The van der Waals surface area contributed by atoms with E-state index in [-0.39, 0.29) is 18.2 Å². The van der Waals surface area contributed by atoms with E-state index in [1.54, 1.807) is 7.11 Å². The lowest BCUT2D eigenvalue weighted by atomic mass is 10.0. The van der Waals surface area contributed by atoms with E-state index in [9.17, 15) is 0 Å². The van der Waals surface area contributed by atoms with Crippen LogP contribution in [0.15, 0.2) is 78.9 Å². The minimum atomic E-state index is 0.0812. The van der Waals surface area contributed by atoms with Crippen molar-refractivity contribution in [3.05, 3.63) is 90.0 Å². The van der Waals surface area contributed by atoms with Crippen molar-refractivity contribution < 1.29 is 18.9 Å². The molecule has 0 bridgehead atoms. The molecule has 1 saturated heterocycles. The lowest BCUT2D eigenvalue weighted by Gasteiger charge is -2.42. The number of likely N-dealkylation sites (tertiary alicyclic amines) is 1. The molecule has 3 aromatic rings. The first-order valence-electron chi connectivity index (χ1n) is 13.3. The van der Waals surface area contributed by atoms with Gasteiger partial charge in [-0.25, -0.2) is 0 Å². The fraction of sp³-hybridized carbons (Fsp3) is 0.419. The van der Waals surface area contributed by atoms with E-state index in [4.69, 9.17) is 18.9 Å². The highest BCUT2D eigenvalue weighted by Crippen LogP contribution is 2.40. The number of benzene rings is 3. The molecule has 3 unspecified atom stereocenters. The zero-order valence-electron chi connectivity index (χ0n) is 21.9. The van der Waals surface area contributed by atoms with Gasteiger partial charge in [-0.1, -0.05) is 54.6 Å². The van der Waals surface area contributed by atoms with Crippen molar-refractivity contribution >= 4 is 5.69 Å². The van der Waals surface area contributed by atoms with Crippen molar-refractivity contribution in [1.29, 1.82) is 0 Å². The first-order chi connectivity index (χ1) is 18.2. The molecule has 3 aromatic carbocycles. The maximum absolute atomic E-state index is 6.33. The molecule has 6 nitrogen and oxygen atoms in total. The lowest BCUT2D eigenvalue weighted by molar-refractivity contribution is 0.0570. The standard InChI is InChI=1S/C31H38N2O4/c1-34-27-12-8-11-25(19-27)30-23-37-31-14-7-6-13-29(31)33(30)20-26(32-17-15-28(21-32)35-2)22-36-18-16-24-9-4-3-5-10-24/h3-14,19,26,28,30H,15-18,20-23H2,1-2H3. The van der Waals surface area contributed by atoms with Crippen molar-refractivity contribution in [3.8, 4) is 11.5 Å². The van der Waals surface area contributed by atoms with Crippen LogP contribution < -0.4 is 14.4 Å². The third-order valence-electron chi connectivity index (χ3n) is 7.55. The average molecular weight is 503 g/mol. The highest BCUT2D eigenvalue weighted by molar-refractivity contribution is 5.62. The van der Waals surface area contributed by atoms with E-state index in [1.165, 1.54) is 11.1 Å². The number of hydrogen-bond donors (Lipinski definition) is 0. The Bertz CT molecular complexity index is 1120. The predicted molar refractivity (Wildman–Crippen MR) is 147 cm³/mol. The molecular formula is C31H38N2O4. The molecule has 5 rings (SSSR count). The highest BCUT2D eigenvalue weighted by atomic mass is 16.5. The van der Waals surface area contributed by atoms with Crippen LogP contribution in [0.5, 0.6) is 11.5 Å². The van der Waals surface area contributed by atoms with Crippen LogP contribution >= 0.6 is 0 Å². The molecule has 37 heavy (non-hydrogen) atoms. The summed E-state index contributed by atoms with van der Waals surface area (Å²) in [6, 6.07) is 27.5. The summed E-state index contributed by atoms with van der Waals surface area (Å²) < 4.78 is 23.8. The number of anilines is 1. The number of ether oxygens (including phenoxy) is 4. The van der Waals surface area contributed by atoms with Crippen LogP contribution in [-0.4, -0.2) is 70.7 Å². The fourth-order valence-corrected chi connectivity index (χ4v) is 5.43. The second kappa shape index (κ2) is 12.5. The van der Waals surface area contributed by atoms with Gasteiger partial charge in [-0.15, -0.1) is 0 Å². The van der Waals surface area contributed by atoms with Gasteiger partial charge in [-0.05, 0) is 48.2 Å². The Balaban J connectivity index is 1.37. The third-order valence-corrected chi connectivity index (χ3v) is 7.55. The molecule has 2 aliphatic rings. The molecular weight excluding hydrogens is 464 g/mol. The number of methoxy groups -OCH3 is 2. The maximum Gasteiger partial charge on any atom is 0.142 e. The Labute approximate surface area is 220 Å². The van der Waals surface area contributed by atoms with E-state index in [0.29, 0.717) is 19.8 Å². The SMILES string of the molecule is COc1cccc(C2COc3ccccc3N2CC(COCCc2ccccc2)N2CCC(OC)C2)c1. The van der Waals surface area contributed by atoms with Gasteiger partial charge in [-0.3, -0.25) is 4.90 Å². The molecule has 2 heterocycles. The number of para-hydroxylation sites is 2. The van der Waals surface area contributed by atoms with E-state index in [0.717, 1.165) is 49.7 Å². The van der Waals surface area contributed by atoms with E-state index >= 15 is 0 Å². The van der Waals surface area contributed by atoms with E-state index < -0.39 is 0 Å². The highest BCUT2D eigenvalue weighted by Gasteiger charge is 2.35. The van der Waals surface area contributed by atoms with Gasteiger partial charge in [0.1, 0.15) is 18.1 Å². The summed E-state index contributed by atoms with van der Waals surface area (Å²) in [4.78, 5) is 5.04. The summed E-state index contributed by atoms with van der Waals surface area (Å²) >= 11 is 0. The molecule has 1 fully saturated rings. The van der Waals surface area contributed by atoms with Crippen molar-refractivity contribution in [1.82, 2.24) is 4.90 Å². The minimum Gasteiger partial charge on any atom is -0.497 e. The first kappa shape index (κ1) is 25.6. The normalized spacial score (nSPS) is 20.3. The summed E-state index contributed by atoms with van der Waals surface area (Å²) in [5.41, 5.74) is 3.62. The number of hydrogen-bond acceptors (Lipinski definition) is 6. The fourth-order valence-electron chi connectivity index (χ4n) is 5.43. The monoisotopic (exact) mass is 502 g/mol. The molecule has 0 radical (unpaired) electrons. The average Bonchev–Trinajstić information content (AvgIpc) is 3.44. The molecule has 0 aromatic heterocycles. The van der Waals surface area contributed by atoms with Crippen LogP contribution in [-0.2, 0) is 15.9 Å². The molecule has 0 spiro atoms. The number of nitrogens with zero attached hydrogens (tertiary/aromatic N) is 2. The van der Waals surface area contributed by atoms with Crippen LogP contribution in [0.4, 0.5) is 5.69 Å². The van der Waals surface area contributed by atoms with Crippen LogP contribution in [0.1, 0.15) is 23.6 Å². The summed E-state index contributed by atoms with van der Waals surface area (Å²) in [7, 11) is 3.53. The zero-order chi connectivity index (χ0) is 25.5. The van der Waals surface area contributed by atoms with Gasteiger partial charge in [0.2, 0.25) is 0 Å². The van der Waals surface area contributed by atoms with Gasteiger partial charge < -0.3 is 23.8 Å². The quantitative estimate of drug-likeness (QED) is 0.345. The summed E-state index contributed by atoms with van der Waals surface area (Å²) in [5, 5.41) is 0. The van der Waals surface area contributed by atoms with Gasteiger partial charge in [0.15, 0.2) is 0 Å². The van der Waals surface area contributed by atoms with Crippen molar-refractivity contribution in [2.75, 3.05) is 58.6 Å². The lowest BCUT2D eigenvalue weighted by Crippen LogP contribution is -2.49. The molecule has 0 aliphatic carbocycles. The van der Waals surface area contributed by atoms with Crippen molar-refractivity contribution in [3.63, 3.8) is 0 Å². The molecule has 0 N–H and O–H groups in total. The smallest absolute Gasteiger partial charge is 0.142 e. The van der Waals surface area contributed by atoms with Crippen LogP contribution in [0, 0.1) is 0 Å². The van der Waals surface area contributed by atoms with Crippen LogP contribution in [0.2, 0.25) is 0 Å². The van der Waals surface area contributed by atoms with Crippen LogP contribution in [0.25, 0.3) is 0 Å². The van der Waals surface area contributed by atoms with Gasteiger partial charge in [-0.2, -0.15) is 0 Å². The minimum absolute atomic E-state index is 0.0812. The van der Waals surface area contributed by atoms with E-state index in [1.807, 2.05) is 19.2 Å². The van der Waals surface area contributed by atoms with Gasteiger partial charge in [0, 0.05) is 26.7 Å². The zero-order valence-corrected chi connectivity index (χ0v) is 21.9. The molecule has 0 amide bonds. The second-order valence-corrected chi connectivity index (χ2v) is 9.83. The Kier molecular flexibility index (Phi) is 8.61. The maximum atomic E-state index is 6.33. The second-order valence-electron chi connectivity index (χ2n) is 9.83. The summed E-state index contributed by atoms with van der Waals surface area (Å²) in [6.07, 6.45) is 2.25. The third kappa shape index (κ3) is 6.27. The molecule has 196 valence electrons. The Morgan fingerprint density at radius 3 is 2.62 bits per heavy atom. The van der Waals surface area contributed by atoms with Crippen molar-refractivity contribution in [2.45, 2.75) is 31.0 Å². The van der Waals surface area contributed by atoms with Gasteiger partial charge >= 0.3 is 0 Å². The predicted octanol–water partition coefficient (Wildman–Crippen LogP) is 4.98. The first-order valence-corrected chi connectivity index (χ1v) is 13.3. The Morgan fingerprint density at radius 2 is 1.81 bits per heavy atom. The molecule has 6 heteroatoms. The molecule has 3 atom stereocenters. The number of rotatable bonds is 11. The molecule has 0 saturated carbocycles. The van der Waals surface area contributed by atoms with Crippen LogP contribution in [0.3, 0.4) is 0 Å². The topological polar surface area (TPSA) is 43.4 Å². The van der Waals surface area contributed by atoms with Gasteiger partial charge in [0.05, 0.1) is 44.2 Å². The Morgan fingerprint density at radius 1 is 0.973 bits per heavy atom. The summed E-state index contributed by atoms with van der Waals surface area (Å²) in [6.45, 7) is 4.76. The molecule has 2 aliphatic heterocycles. The summed E-state index contributed by atoms with van der Waals surface area (Å²) in [5.74, 6) is 1.79. The van der Waals surface area contributed by atoms with E-state index in [2.05, 4.69) is 76.5 Å². The Hall–Kier alpha value is -3.06.